The zero-order valence-electron chi connectivity index (χ0n) is 38.2. The van der Waals surface area contributed by atoms with Gasteiger partial charge in [0.1, 0.15) is 6.61 Å². The Morgan fingerprint density at radius 2 is 0.983 bits per heavy atom. The van der Waals surface area contributed by atoms with Crippen LogP contribution >= 0.6 is 0 Å². The van der Waals surface area contributed by atoms with E-state index in [1.165, 1.54) is 103 Å². The molecule has 0 aliphatic carbocycles. The van der Waals surface area contributed by atoms with Gasteiger partial charge in [-0.3, -0.25) is 9.59 Å². The van der Waals surface area contributed by atoms with E-state index in [-0.39, 0.29) is 36.2 Å². The number of aliphatic carboxylic acids is 1. The van der Waals surface area contributed by atoms with Crippen LogP contribution in [0.2, 0.25) is 0 Å². The molecule has 0 aliphatic heterocycles. The van der Waals surface area contributed by atoms with Crippen LogP contribution in [-0.4, -0.2) is 80.6 Å². The molecule has 0 rings (SSSR count). The molecule has 336 valence electrons. The monoisotopic (exact) mass is 817 g/mol. The average Bonchev–Trinajstić information content (AvgIpc) is 3.18. The number of unbranched alkanes of at least 4 members (excludes halogenated alkanes) is 21. The molecule has 0 fully saturated rings. The van der Waals surface area contributed by atoms with Gasteiger partial charge in [0.2, 0.25) is 0 Å². The summed E-state index contributed by atoms with van der Waals surface area (Å²) in [4.78, 5) is 37.0. The molecule has 0 spiro atoms. The number of nitrogens with zero attached hydrogens (tertiary/aromatic N) is 1. The lowest BCUT2D eigenvalue weighted by atomic mass is 10.1. The number of ether oxygens (including phenoxy) is 3. The predicted molar refractivity (Wildman–Crippen MR) is 243 cm³/mol. The highest BCUT2D eigenvalue weighted by atomic mass is 16.6. The van der Waals surface area contributed by atoms with Crippen LogP contribution in [0, 0.1) is 0 Å². The summed E-state index contributed by atoms with van der Waals surface area (Å²) in [7, 11) is 5.51. The van der Waals surface area contributed by atoms with Crippen LogP contribution in [0.3, 0.4) is 0 Å². The number of allylic oxidation sites excluding steroid dienone is 8. The third-order valence-electron chi connectivity index (χ3n) is 10.5. The summed E-state index contributed by atoms with van der Waals surface area (Å²) in [5.41, 5.74) is 0. The molecule has 58 heavy (non-hydrogen) atoms. The highest BCUT2D eigenvalue weighted by Gasteiger charge is 2.31. The number of carboxylic acids is 1. The number of hydrogen-bond acceptors (Lipinski definition) is 6. The molecule has 0 radical (unpaired) electrons. The zero-order chi connectivity index (χ0) is 42.8. The fraction of sp³-hybridized carbons (Fsp3) is 0.780. The fourth-order valence-corrected chi connectivity index (χ4v) is 6.75. The van der Waals surface area contributed by atoms with Gasteiger partial charge in [-0.2, -0.15) is 0 Å². The number of quaternary nitrogens is 1. The van der Waals surface area contributed by atoms with Crippen molar-refractivity contribution in [3.8, 4) is 0 Å². The number of carbonyl (C=O) groups is 3. The molecular formula is C50H90NO7+. The van der Waals surface area contributed by atoms with Crippen LogP contribution in [0.4, 0.5) is 0 Å². The second-order valence-electron chi connectivity index (χ2n) is 17.0. The molecule has 0 bridgehead atoms. The SMILES string of the molecule is CCCC/C=C/C=C/CCCCCC(=O)OC(COCCC(C(=O)O)[N+](C)(C)C)COC(=O)CCCCCCCCC/C=C/C/C=C/CCCCCCCCCCC. The third-order valence-corrected chi connectivity index (χ3v) is 10.5. The summed E-state index contributed by atoms with van der Waals surface area (Å²) in [5, 5.41) is 9.62. The Morgan fingerprint density at radius 1 is 0.534 bits per heavy atom. The lowest BCUT2D eigenvalue weighted by molar-refractivity contribution is -0.887. The topological polar surface area (TPSA) is 99.1 Å². The number of carbonyl (C=O) groups excluding carboxylic acids is 2. The van der Waals surface area contributed by atoms with Gasteiger partial charge in [0, 0.05) is 19.3 Å². The van der Waals surface area contributed by atoms with E-state index in [0.717, 1.165) is 64.2 Å². The van der Waals surface area contributed by atoms with Crippen molar-refractivity contribution in [3.05, 3.63) is 48.6 Å². The first kappa shape index (κ1) is 55.3. The van der Waals surface area contributed by atoms with Gasteiger partial charge in [0.25, 0.3) is 0 Å². The second-order valence-corrected chi connectivity index (χ2v) is 17.0. The van der Waals surface area contributed by atoms with Gasteiger partial charge < -0.3 is 23.8 Å². The maximum atomic E-state index is 12.7. The van der Waals surface area contributed by atoms with Crippen LogP contribution in [0.15, 0.2) is 48.6 Å². The highest BCUT2D eigenvalue weighted by Crippen LogP contribution is 2.14. The Morgan fingerprint density at radius 3 is 1.50 bits per heavy atom. The molecule has 0 saturated carbocycles. The molecule has 0 heterocycles. The Kier molecular flexibility index (Phi) is 39.1. The quantitative estimate of drug-likeness (QED) is 0.0215. The van der Waals surface area contributed by atoms with Gasteiger partial charge in [-0.15, -0.1) is 0 Å². The Labute approximate surface area is 356 Å². The van der Waals surface area contributed by atoms with Gasteiger partial charge in [0.05, 0.1) is 34.4 Å². The van der Waals surface area contributed by atoms with Crippen molar-refractivity contribution in [2.75, 3.05) is 41.0 Å². The minimum absolute atomic E-state index is 0.0470. The van der Waals surface area contributed by atoms with E-state index >= 15 is 0 Å². The number of likely N-dealkylation sites (N-methyl/N-ethyl adjacent to an activating group) is 1. The number of esters is 2. The van der Waals surface area contributed by atoms with Crippen LogP contribution < -0.4 is 0 Å². The Hall–Kier alpha value is -2.71. The summed E-state index contributed by atoms with van der Waals surface area (Å²) in [6.07, 6.45) is 48.8. The molecule has 8 nitrogen and oxygen atoms in total. The number of hydrogen-bond donors (Lipinski definition) is 1. The first-order valence-corrected chi connectivity index (χ1v) is 23.7. The third kappa shape index (κ3) is 38.8. The average molecular weight is 817 g/mol. The number of rotatable bonds is 42. The normalized spacial score (nSPS) is 13.3. The van der Waals surface area contributed by atoms with Crippen LogP contribution in [0.25, 0.3) is 0 Å². The van der Waals surface area contributed by atoms with Crippen molar-refractivity contribution in [1.29, 1.82) is 0 Å². The largest absolute Gasteiger partial charge is 0.477 e. The van der Waals surface area contributed by atoms with Crippen molar-refractivity contribution in [2.24, 2.45) is 0 Å². The minimum atomic E-state index is -0.881. The maximum Gasteiger partial charge on any atom is 0.362 e. The predicted octanol–water partition coefficient (Wildman–Crippen LogP) is 13.2. The van der Waals surface area contributed by atoms with E-state index in [4.69, 9.17) is 14.2 Å². The van der Waals surface area contributed by atoms with E-state index < -0.39 is 18.1 Å². The van der Waals surface area contributed by atoms with Crippen molar-refractivity contribution in [3.63, 3.8) is 0 Å². The van der Waals surface area contributed by atoms with E-state index in [1.807, 2.05) is 21.1 Å². The molecule has 0 aromatic carbocycles. The maximum absolute atomic E-state index is 12.7. The van der Waals surface area contributed by atoms with Gasteiger partial charge in [-0.1, -0.05) is 165 Å². The fourth-order valence-electron chi connectivity index (χ4n) is 6.75. The second kappa shape index (κ2) is 41.0. The first-order chi connectivity index (χ1) is 28.1. The highest BCUT2D eigenvalue weighted by molar-refractivity contribution is 5.72. The van der Waals surface area contributed by atoms with Crippen LogP contribution in [-0.2, 0) is 28.6 Å². The molecule has 0 aromatic rings. The summed E-state index contributed by atoms with van der Waals surface area (Å²) in [6.45, 7) is 4.65. The molecule has 2 atom stereocenters. The molecular weight excluding hydrogens is 727 g/mol. The van der Waals surface area contributed by atoms with Crippen molar-refractivity contribution >= 4 is 17.9 Å². The summed E-state index contributed by atoms with van der Waals surface area (Å²) >= 11 is 0. The van der Waals surface area contributed by atoms with E-state index in [1.54, 1.807) is 0 Å². The van der Waals surface area contributed by atoms with Gasteiger partial charge in [0.15, 0.2) is 12.1 Å². The standard InChI is InChI=1S/C50H89NO7/c1-6-8-10-12-14-16-18-19-20-21-22-23-24-25-26-27-28-29-31-32-34-36-38-40-48(52)57-45-46(44-56-43-42-47(50(54)55)51(3,4)5)58-49(53)41-39-37-35-33-30-17-15-13-11-9-7-2/h13,15,17,22-23,25-26,30,46-47H,6-12,14,16,18-21,24,27-29,31-45H2,1-5H3/p+1/b15-13+,23-22+,26-25+,30-17+. The van der Waals surface area contributed by atoms with E-state index in [0.29, 0.717) is 19.3 Å². The lowest BCUT2D eigenvalue weighted by Crippen LogP contribution is -2.50. The van der Waals surface area contributed by atoms with E-state index in [2.05, 4.69) is 62.5 Å². The van der Waals surface area contributed by atoms with Crippen molar-refractivity contribution in [2.45, 2.75) is 212 Å². The van der Waals surface area contributed by atoms with E-state index in [9.17, 15) is 19.5 Å². The lowest BCUT2D eigenvalue weighted by Gasteiger charge is -2.31. The van der Waals surface area contributed by atoms with Gasteiger partial charge >= 0.3 is 17.9 Å². The first-order valence-electron chi connectivity index (χ1n) is 23.7. The Balaban J connectivity index is 4.23. The summed E-state index contributed by atoms with van der Waals surface area (Å²) in [6, 6.07) is -0.621. The zero-order valence-corrected chi connectivity index (χ0v) is 38.2. The van der Waals surface area contributed by atoms with Crippen LogP contribution in [0.1, 0.15) is 200 Å². The molecule has 0 amide bonds. The molecule has 2 unspecified atom stereocenters. The molecule has 8 heteroatoms. The molecule has 1 N–H and O–H groups in total. The van der Waals surface area contributed by atoms with Crippen molar-refractivity contribution < 1.29 is 38.2 Å². The van der Waals surface area contributed by atoms with Gasteiger partial charge in [-0.05, 0) is 64.2 Å². The summed E-state index contributed by atoms with van der Waals surface area (Å²) < 4.78 is 17.2. The van der Waals surface area contributed by atoms with Crippen LogP contribution in [0.5, 0.6) is 0 Å². The molecule has 0 aliphatic rings. The molecule has 0 saturated heterocycles. The van der Waals surface area contributed by atoms with Gasteiger partial charge in [-0.25, -0.2) is 4.79 Å². The molecule has 0 aromatic heterocycles. The Bertz CT molecular complexity index is 1090. The minimum Gasteiger partial charge on any atom is -0.477 e. The van der Waals surface area contributed by atoms with Crippen molar-refractivity contribution in [1.82, 2.24) is 0 Å². The smallest absolute Gasteiger partial charge is 0.362 e. The summed E-state index contributed by atoms with van der Waals surface area (Å²) in [5.74, 6) is -1.51. The number of carboxylic acid groups (broad SMARTS) is 1.